The van der Waals surface area contributed by atoms with Crippen LogP contribution >= 0.6 is 11.6 Å². The lowest BCUT2D eigenvalue weighted by Gasteiger charge is -2.19. The maximum atomic E-state index is 12.5. The van der Waals surface area contributed by atoms with Crippen LogP contribution in [-0.4, -0.2) is 44.0 Å². The second kappa shape index (κ2) is 9.99. The lowest BCUT2D eigenvalue weighted by atomic mass is 10.1. The Balaban J connectivity index is 2.13. The van der Waals surface area contributed by atoms with Gasteiger partial charge in [0.2, 0.25) is 5.91 Å². The minimum absolute atomic E-state index is 0.109. The van der Waals surface area contributed by atoms with Gasteiger partial charge < -0.3 is 19.7 Å². The van der Waals surface area contributed by atoms with Crippen molar-refractivity contribution in [1.29, 1.82) is 0 Å². The van der Waals surface area contributed by atoms with Crippen LogP contribution in [0.15, 0.2) is 36.4 Å². The second-order valence-corrected chi connectivity index (χ2v) is 6.48. The van der Waals surface area contributed by atoms with Crippen LogP contribution in [0, 0.1) is 0 Å². The first-order chi connectivity index (χ1) is 13.4. The van der Waals surface area contributed by atoms with Crippen LogP contribution in [0.5, 0.6) is 11.5 Å². The van der Waals surface area contributed by atoms with Crippen LogP contribution in [0.4, 0.5) is 5.69 Å². The molecule has 2 amide bonds. The number of benzene rings is 2. The van der Waals surface area contributed by atoms with Gasteiger partial charge in [-0.1, -0.05) is 11.6 Å². The van der Waals surface area contributed by atoms with Crippen molar-refractivity contribution >= 4 is 29.1 Å². The molecule has 0 saturated carbocycles. The maximum absolute atomic E-state index is 12.5. The molecule has 0 aliphatic carbocycles. The van der Waals surface area contributed by atoms with Crippen molar-refractivity contribution in [3.63, 3.8) is 0 Å². The molecule has 1 N–H and O–H groups in total. The van der Waals surface area contributed by atoms with Gasteiger partial charge in [-0.25, -0.2) is 0 Å². The van der Waals surface area contributed by atoms with Crippen molar-refractivity contribution < 1.29 is 19.1 Å². The Morgan fingerprint density at radius 3 is 2.32 bits per heavy atom. The maximum Gasteiger partial charge on any atom is 0.255 e. The molecule has 28 heavy (non-hydrogen) atoms. The Morgan fingerprint density at radius 2 is 1.75 bits per heavy atom. The Labute approximate surface area is 170 Å². The quantitative estimate of drug-likeness (QED) is 0.721. The third-order valence-corrected chi connectivity index (χ3v) is 4.69. The van der Waals surface area contributed by atoms with Crippen molar-refractivity contribution in [2.45, 2.75) is 20.3 Å². The van der Waals surface area contributed by atoms with Crippen molar-refractivity contribution in [2.75, 3.05) is 32.6 Å². The summed E-state index contributed by atoms with van der Waals surface area (Å²) >= 11 is 6.28. The summed E-state index contributed by atoms with van der Waals surface area (Å²) in [5, 5.41) is 3.10. The summed E-state index contributed by atoms with van der Waals surface area (Å²) < 4.78 is 10.5. The van der Waals surface area contributed by atoms with Crippen LogP contribution in [0.25, 0.3) is 0 Å². The molecule has 0 radical (unpaired) electrons. The van der Waals surface area contributed by atoms with Crippen LogP contribution in [0.2, 0.25) is 5.02 Å². The van der Waals surface area contributed by atoms with Crippen molar-refractivity contribution in [2.24, 2.45) is 0 Å². The second-order valence-electron chi connectivity index (χ2n) is 6.07. The van der Waals surface area contributed by atoms with E-state index in [1.54, 1.807) is 55.5 Å². The number of ether oxygens (including phenoxy) is 2. The van der Waals surface area contributed by atoms with Crippen LogP contribution in [-0.2, 0) is 11.2 Å². The first-order valence-electron chi connectivity index (χ1n) is 9.03. The number of rotatable bonds is 8. The average Bonchev–Trinajstić information content (AvgIpc) is 2.68. The molecule has 0 spiro atoms. The number of nitrogens with one attached hydrogen (secondary N) is 1. The van der Waals surface area contributed by atoms with Gasteiger partial charge in [-0.2, -0.15) is 0 Å². The molecule has 0 bridgehead atoms. The number of halogens is 1. The van der Waals surface area contributed by atoms with Crippen molar-refractivity contribution in [3.8, 4) is 11.5 Å². The fraction of sp³-hybridized carbons (Fsp3) is 0.333. The fourth-order valence-corrected chi connectivity index (χ4v) is 3.11. The summed E-state index contributed by atoms with van der Waals surface area (Å²) in [6.07, 6.45) is 0.109. The molecule has 150 valence electrons. The van der Waals surface area contributed by atoms with Gasteiger partial charge in [-0.3, -0.25) is 9.59 Å². The lowest BCUT2D eigenvalue weighted by Crippen LogP contribution is -2.30. The molecule has 6 nitrogen and oxygen atoms in total. The zero-order valence-electron chi connectivity index (χ0n) is 16.5. The number of nitrogens with zero attached hydrogens (tertiary/aromatic N) is 1. The van der Waals surface area contributed by atoms with E-state index in [4.69, 9.17) is 21.1 Å². The number of carbonyl (C=O) groups excluding carboxylic acids is 2. The Morgan fingerprint density at radius 1 is 1.04 bits per heavy atom. The minimum atomic E-state index is -0.231. The van der Waals surface area contributed by atoms with Gasteiger partial charge in [0.15, 0.2) is 0 Å². The average molecular weight is 405 g/mol. The summed E-state index contributed by atoms with van der Waals surface area (Å²) in [5.74, 6) is 0.888. The van der Waals surface area contributed by atoms with E-state index in [-0.39, 0.29) is 18.2 Å². The van der Waals surface area contributed by atoms with E-state index in [9.17, 15) is 9.59 Å². The first kappa shape index (κ1) is 21.6. The van der Waals surface area contributed by atoms with Gasteiger partial charge in [-0.15, -0.1) is 0 Å². The summed E-state index contributed by atoms with van der Waals surface area (Å²) in [5.41, 5.74) is 1.64. The molecule has 0 heterocycles. The van der Waals surface area contributed by atoms with Crippen molar-refractivity contribution in [1.82, 2.24) is 4.90 Å². The molecule has 2 rings (SSSR count). The van der Waals surface area contributed by atoms with Gasteiger partial charge in [0.05, 0.1) is 31.2 Å². The molecule has 2 aromatic carbocycles. The van der Waals surface area contributed by atoms with Gasteiger partial charge >= 0.3 is 0 Å². The Hall–Kier alpha value is -2.73. The molecular weight excluding hydrogens is 380 g/mol. The molecule has 0 saturated heterocycles. The Bertz CT molecular complexity index is 850. The molecule has 0 aromatic heterocycles. The van der Waals surface area contributed by atoms with Gasteiger partial charge in [0.1, 0.15) is 11.5 Å². The molecule has 0 atom stereocenters. The molecule has 0 aliphatic rings. The monoisotopic (exact) mass is 404 g/mol. The first-order valence-corrected chi connectivity index (χ1v) is 9.40. The highest BCUT2D eigenvalue weighted by atomic mass is 35.5. The summed E-state index contributed by atoms with van der Waals surface area (Å²) in [7, 11) is 3.11. The topological polar surface area (TPSA) is 67.9 Å². The van der Waals surface area contributed by atoms with E-state index in [1.807, 2.05) is 13.8 Å². The number of hydrogen-bond donors (Lipinski definition) is 1. The summed E-state index contributed by atoms with van der Waals surface area (Å²) in [6, 6.07) is 10.2. The smallest absolute Gasteiger partial charge is 0.255 e. The zero-order valence-corrected chi connectivity index (χ0v) is 17.3. The van der Waals surface area contributed by atoms with Crippen LogP contribution < -0.4 is 14.8 Å². The predicted octanol–water partition coefficient (Wildman–Crippen LogP) is 4.02. The Kier molecular flexibility index (Phi) is 7.70. The van der Waals surface area contributed by atoms with Crippen LogP contribution in [0.3, 0.4) is 0 Å². The van der Waals surface area contributed by atoms with Gasteiger partial charge in [-0.05, 0) is 50.2 Å². The highest BCUT2D eigenvalue weighted by molar-refractivity contribution is 6.34. The number of carbonyl (C=O) groups is 2. The van der Waals surface area contributed by atoms with Crippen LogP contribution in [0.1, 0.15) is 29.8 Å². The van der Waals surface area contributed by atoms with Crippen molar-refractivity contribution in [3.05, 3.63) is 52.5 Å². The van der Waals surface area contributed by atoms with Gasteiger partial charge in [0.25, 0.3) is 5.91 Å². The largest absolute Gasteiger partial charge is 0.497 e. The van der Waals surface area contributed by atoms with E-state index in [2.05, 4.69) is 5.32 Å². The summed E-state index contributed by atoms with van der Waals surface area (Å²) in [4.78, 5) is 26.6. The van der Waals surface area contributed by atoms with E-state index in [0.717, 1.165) is 0 Å². The lowest BCUT2D eigenvalue weighted by molar-refractivity contribution is -0.115. The van der Waals surface area contributed by atoms with E-state index >= 15 is 0 Å². The predicted molar refractivity (Wildman–Crippen MR) is 111 cm³/mol. The summed E-state index contributed by atoms with van der Waals surface area (Å²) in [6.45, 7) is 5.03. The fourth-order valence-electron chi connectivity index (χ4n) is 2.85. The number of methoxy groups -OCH3 is 2. The molecule has 2 aromatic rings. The normalized spacial score (nSPS) is 10.3. The highest BCUT2D eigenvalue weighted by Crippen LogP contribution is 2.26. The van der Waals surface area contributed by atoms with E-state index < -0.39 is 0 Å². The third kappa shape index (κ3) is 5.16. The molecule has 0 aliphatic heterocycles. The standard InChI is InChI=1S/C21H25ClN2O4/c1-5-24(6-2)21(26)17-9-7-15(13-18(17)22)23-20(25)12-14-11-16(27-3)8-10-19(14)28-4/h7-11,13H,5-6,12H2,1-4H3,(H,23,25). The highest BCUT2D eigenvalue weighted by Gasteiger charge is 2.17. The molecular formula is C21H25ClN2O4. The van der Waals surface area contributed by atoms with E-state index in [1.165, 1.54) is 0 Å². The van der Waals surface area contributed by atoms with E-state index in [0.29, 0.717) is 46.4 Å². The zero-order chi connectivity index (χ0) is 20.7. The van der Waals surface area contributed by atoms with Gasteiger partial charge in [0, 0.05) is 24.3 Å². The minimum Gasteiger partial charge on any atom is -0.497 e. The molecule has 0 unspecified atom stereocenters. The number of anilines is 1. The molecule has 0 fully saturated rings. The third-order valence-electron chi connectivity index (χ3n) is 4.37. The molecule has 7 heteroatoms. The number of amides is 2. The SMILES string of the molecule is CCN(CC)C(=O)c1ccc(NC(=O)Cc2cc(OC)ccc2OC)cc1Cl. The number of hydrogen-bond acceptors (Lipinski definition) is 4.